The van der Waals surface area contributed by atoms with Gasteiger partial charge in [-0.25, -0.2) is 9.97 Å². The lowest BCUT2D eigenvalue weighted by Gasteiger charge is -2.07. The SMILES string of the molecule is COc1ccc(-c2ccnc(CO)n2)cc1C. The molecule has 2 rings (SSSR count). The number of benzene rings is 1. The minimum absolute atomic E-state index is 0.150. The van der Waals surface area contributed by atoms with Gasteiger partial charge in [-0.05, 0) is 36.8 Å². The number of aliphatic hydroxyl groups excluding tert-OH is 1. The van der Waals surface area contributed by atoms with Crippen molar-refractivity contribution >= 4 is 0 Å². The minimum atomic E-state index is -0.150. The van der Waals surface area contributed by atoms with Crippen LogP contribution in [0, 0.1) is 6.92 Å². The van der Waals surface area contributed by atoms with Gasteiger partial charge in [-0.1, -0.05) is 0 Å². The third-order valence-corrected chi connectivity index (χ3v) is 2.54. The van der Waals surface area contributed by atoms with Crippen molar-refractivity contribution in [3.05, 3.63) is 41.9 Å². The largest absolute Gasteiger partial charge is 0.496 e. The van der Waals surface area contributed by atoms with E-state index in [1.54, 1.807) is 13.3 Å². The number of aliphatic hydroxyl groups is 1. The summed E-state index contributed by atoms with van der Waals surface area (Å²) >= 11 is 0. The second kappa shape index (κ2) is 4.93. The minimum Gasteiger partial charge on any atom is -0.496 e. The molecule has 0 aliphatic carbocycles. The van der Waals surface area contributed by atoms with Crippen LogP contribution in [0.15, 0.2) is 30.5 Å². The second-order valence-corrected chi connectivity index (χ2v) is 3.70. The molecule has 0 saturated heterocycles. The van der Waals surface area contributed by atoms with Crippen LogP contribution in [0.4, 0.5) is 0 Å². The van der Waals surface area contributed by atoms with Crippen molar-refractivity contribution in [2.24, 2.45) is 0 Å². The Balaban J connectivity index is 2.42. The molecule has 0 spiro atoms. The van der Waals surface area contributed by atoms with Crippen LogP contribution in [-0.2, 0) is 6.61 Å². The van der Waals surface area contributed by atoms with Gasteiger partial charge in [0, 0.05) is 11.8 Å². The predicted octanol–water partition coefficient (Wildman–Crippen LogP) is 1.95. The fraction of sp³-hybridized carbons (Fsp3) is 0.231. The molecule has 0 aliphatic heterocycles. The molecule has 0 radical (unpaired) electrons. The van der Waals surface area contributed by atoms with Gasteiger partial charge in [0.15, 0.2) is 5.82 Å². The number of hydrogen-bond donors (Lipinski definition) is 1. The van der Waals surface area contributed by atoms with E-state index in [1.165, 1.54) is 0 Å². The van der Waals surface area contributed by atoms with Gasteiger partial charge in [0.1, 0.15) is 12.4 Å². The van der Waals surface area contributed by atoms with Crippen LogP contribution in [0.1, 0.15) is 11.4 Å². The standard InChI is InChI=1S/C13H14N2O2/c1-9-7-10(3-4-12(9)17-2)11-5-6-14-13(8-16)15-11/h3-7,16H,8H2,1-2H3. The van der Waals surface area contributed by atoms with Crippen molar-refractivity contribution in [1.29, 1.82) is 0 Å². The highest BCUT2D eigenvalue weighted by atomic mass is 16.5. The van der Waals surface area contributed by atoms with Gasteiger partial charge in [0.2, 0.25) is 0 Å². The molecule has 2 aromatic rings. The van der Waals surface area contributed by atoms with E-state index in [-0.39, 0.29) is 6.61 Å². The first-order valence-electron chi connectivity index (χ1n) is 5.32. The van der Waals surface area contributed by atoms with Crippen molar-refractivity contribution < 1.29 is 9.84 Å². The van der Waals surface area contributed by atoms with E-state index in [1.807, 2.05) is 31.2 Å². The molecule has 1 aromatic carbocycles. The maximum absolute atomic E-state index is 9.00. The highest BCUT2D eigenvalue weighted by Gasteiger charge is 2.04. The normalized spacial score (nSPS) is 10.3. The van der Waals surface area contributed by atoms with Crippen molar-refractivity contribution in [3.63, 3.8) is 0 Å². The third kappa shape index (κ3) is 2.42. The van der Waals surface area contributed by atoms with Gasteiger partial charge in [0.25, 0.3) is 0 Å². The fourth-order valence-electron chi connectivity index (χ4n) is 1.67. The highest BCUT2D eigenvalue weighted by Crippen LogP contribution is 2.24. The number of aromatic nitrogens is 2. The summed E-state index contributed by atoms with van der Waals surface area (Å²) in [6.07, 6.45) is 1.65. The molecule has 0 atom stereocenters. The van der Waals surface area contributed by atoms with Crippen LogP contribution in [0.2, 0.25) is 0 Å². The highest BCUT2D eigenvalue weighted by molar-refractivity contribution is 5.61. The Morgan fingerprint density at radius 2 is 2.12 bits per heavy atom. The smallest absolute Gasteiger partial charge is 0.154 e. The van der Waals surface area contributed by atoms with Crippen LogP contribution >= 0.6 is 0 Å². The molecule has 1 heterocycles. The molecule has 1 N–H and O–H groups in total. The van der Waals surface area contributed by atoms with E-state index in [2.05, 4.69) is 9.97 Å². The zero-order chi connectivity index (χ0) is 12.3. The summed E-state index contributed by atoms with van der Waals surface area (Å²) < 4.78 is 5.21. The molecular formula is C13H14N2O2. The molecule has 0 amide bonds. The first kappa shape index (κ1) is 11.5. The summed E-state index contributed by atoms with van der Waals surface area (Å²) in [5.74, 6) is 1.28. The predicted molar refractivity (Wildman–Crippen MR) is 64.7 cm³/mol. The Morgan fingerprint density at radius 3 is 2.76 bits per heavy atom. The Kier molecular flexibility index (Phi) is 3.35. The van der Waals surface area contributed by atoms with Gasteiger partial charge in [0.05, 0.1) is 12.8 Å². The Morgan fingerprint density at radius 1 is 1.29 bits per heavy atom. The van der Waals surface area contributed by atoms with E-state index in [0.29, 0.717) is 5.82 Å². The number of ether oxygens (including phenoxy) is 1. The molecule has 4 nitrogen and oxygen atoms in total. The first-order chi connectivity index (χ1) is 8.24. The van der Waals surface area contributed by atoms with Crippen LogP contribution in [0.3, 0.4) is 0 Å². The summed E-state index contributed by atoms with van der Waals surface area (Å²) in [5, 5.41) is 9.00. The van der Waals surface area contributed by atoms with Crippen molar-refractivity contribution in [3.8, 4) is 17.0 Å². The molecule has 88 valence electrons. The first-order valence-corrected chi connectivity index (χ1v) is 5.32. The summed E-state index contributed by atoms with van der Waals surface area (Å²) in [6, 6.07) is 7.67. The zero-order valence-corrected chi connectivity index (χ0v) is 9.84. The fourth-order valence-corrected chi connectivity index (χ4v) is 1.67. The van der Waals surface area contributed by atoms with E-state index >= 15 is 0 Å². The van der Waals surface area contributed by atoms with E-state index in [0.717, 1.165) is 22.6 Å². The number of nitrogens with zero attached hydrogens (tertiary/aromatic N) is 2. The number of hydrogen-bond acceptors (Lipinski definition) is 4. The van der Waals surface area contributed by atoms with Gasteiger partial charge in [-0.15, -0.1) is 0 Å². The van der Waals surface area contributed by atoms with E-state index < -0.39 is 0 Å². The van der Waals surface area contributed by atoms with Crippen LogP contribution in [-0.4, -0.2) is 22.2 Å². The molecule has 0 bridgehead atoms. The summed E-state index contributed by atoms with van der Waals surface area (Å²) in [7, 11) is 1.65. The monoisotopic (exact) mass is 230 g/mol. The lowest BCUT2D eigenvalue weighted by Crippen LogP contribution is -1.96. The van der Waals surface area contributed by atoms with Gasteiger partial charge in [-0.3, -0.25) is 0 Å². The van der Waals surface area contributed by atoms with Crippen LogP contribution < -0.4 is 4.74 Å². The van der Waals surface area contributed by atoms with Crippen LogP contribution in [0.5, 0.6) is 5.75 Å². The molecule has 0 unspecified atom stereocenters. The summed E-state index contributed by atoms with van der Waals surface area (Å²) in [5.41, 5.74) is 2.84. The Bertz CT molecular complexity index is 527. The molecule has 17 heavy (non-hydrogen) atoms. The maximum atomic E-state index is 9.00. The average Bonchev–Trinajstić information content (AvgIpc) is 2.38. The van der Waals surface area contributed by atoms with Crippen LogP contribution in [0.25, 0.3) is 11.3 Å². The zero-order valence-electron chi connectivity index (χ0n) is 9.84. The third-order valence-electron chi connectivity index (χ3n) is 2.54. The Hall–Kier alpha value is -1.94. The summed E-state index contributed by atoms with van der Waals surface area (Å²) in [4.78, 5) is 8.21. The lowest BCUT2D eigenvalue weighted by molar-refractivity contribution is 0.271. The molecule has 0 aliphatic rings. The van der Waals surface area contributed by atoms with Crippen molar-refractivity contribution in [1.82, 2.24) is 9.97 Å². The van der Waals surface area contributed by atoms with E-state index in [4.69, 9.17) is 9.84 Å². The van der Waals surface area contributed by atoms with Crippen molar-refractivity contribution in [2.45, 2.75) is 13.5 Å². The number of rotatable bonds is 3. The van der Waals surface area contributed by atoms with Gasteiger partial charge < -0.3 is 9.84 Å². The molecular weight excluding hydrogens is 216 g/mol. The molecule has 0 fully saturated rings. The Labute approximate surface area is 99.9 Å². The van der Waals surface area contributed by atoms with Crippen molar-refractivity contribution in [2.75, 3.05) is 7.11 Å². The molecule has 1 aromatic heterocycles. The molecule has 4 heteroatoms. The van der Waals surface area contributed by atoms with Gasteiger partial charge in [-0.2, -0.15) is 0 Å². The van der Waals surface area contributed by atoms with E-state index in [9.17, 15) is 0 Å². The topological polar surface area (TPSA) is 55.2 Å². The quantitative estimate of drug-likeness (QED) is 0.875. The average molecular weight is 230 g/mol. The molecule has 0 saturated carbocycles. The van der Waals surface area contributed by atoms with Gasteiger partial charge >= 0.3 is 0 Å². The lowest BCUT2D eigenvalue weighted by atomic mass is 10.1. The summed E-state index contributed by atoms with van der Waals surface area (Å²) in [6.45, 7) is 1.83. The second-order valence-electron chi connectivity index (χ2n) is 3.70. The number of methoxy groups -OCH3 is 1. The maximum Gasteiger partial charge on any atom is 0.154 e. The number of aryl methyl sites for hydroxylation is 1.